The van der Waals surface area contributed by atoms with Crippen molar-refractivity contribution in [1.82, 2.24) is 14.8 Å². The largest absolute Gasteiger partial charge is 0.416 e. The summed E-state index contributed by atoms with van der Waals surface area (Å²) < 4.78 is 49.4. The van der Waals surface area contributed by atoms with E-state index < -0.39 is 15.7 Å². The van der Waals surface area contributed by atoms with Gasteiger partial charge in [0.1, 0.15) is 5.69 Å². The quantitative estimate of drug-likeness (QED) is 0.407. The van der Waals surface area contributed by atoms with Gasteiger partial charge in [0.15, 0.2) is 0 Å². The molecule has 2 aromatic rings. The molecule has 0 atom stereocenters. The lowest BCUT2D eigenvalue weighted by Crippen LogP contribution is -2.08. The number of hydrogen-bond acceptors (Lipinski definition) is 4. The van der Waals surface area contributed by atoms with Crippen LogP contribution in [0.4, 0.5) is 23.5 Å². The van der Waals surface area contributed by atoms with Crippen LogP contribution in [0.25, 0.3) is 5.69 Å². The summed E-state index contributed by atoms with van der Waals surface area (Å²) in [5.74, 6) is -0.298. The van der Waals surface area contributed by atoms with Gasteiger partial charge in [-0.05, 0) is 23.9 Å². The van der Waals surface area contributed by atoms with Crippen molar-refractivity contribution in [2.45, 2.75) is 15.3 Å². The maximum atomic E-state index is 13.1. The average Bonchev–Trinajstić information content (AvgIpc) is 2.65. The summed E-state index contributed by atoms with van der Waals surface area (Å²) in [6.07, 6.45) is -4.63. The van der Waals surface area contributed by atoms with Crippen LogP contribution in [0.3, 0.4) is 0 Å². The molecule has 126 valence electrons. The van der Waals surface area contributed by atoms with Crippen LogP contribution < -0.4 is 5.73 Å². The number of thioether (sulfide) groups is 1. The Balaban J connectivity index is 2.51. The fourth-order valence-corrected chi connectivity index (χ4v) is 3.08. The van der Waals surface area contributed by atoms with Crippen LogP contribution in [0.15, 0.2) is 17.3 Å². The predicted molar refractivity (Wildman–Crippen MR) is 82.2 cm³/mol. The number of aromatic nitrogens is 3. The summed E-state index contributed by atoms with van der Waals surface area (Å²) in [7, 11) is 0. The maximum Gasteiger partial charge on any atom is 0.416 e. The molecule has 0 spiro atoms. The fourth-order valence-electron chi connectivity index (χ4n) is 1.55. The number of alkyl halides is 6. The predicted octanol–water partition coefficient (Wildman–Crippen LogP) is 5.33. The van der Waals surface area contributed by atoms with Crippen LogP contribution in [-0.4, -0.2) is 18.7 Å². The molecule has 0 aliphatic rings. The molecule has 23 heavy (non-hydrogen) atoms. The van der Waals surface area contributed by atoms with E-state index in [9.17, 15) is 17.6 Å². The maximum absolute atomic E-state index is 13.1. The summed E-state index contributed by atoms with van der Waals surface area (Å²) in [6, 6.07) is 1.30. The van der Waals surface area contributed by atoms with Crippen molar-refractivity contribution < 1.29 is 17.6 Å². The third kappa shape index (κ3) is 4.48. The second kappa shape index (κ2) is 6.36. The molecule has 0 saturated carbocycles. The van der Waals surface area contributed by atoms with Crippen LogP contribution >= 0.6 is 58.2 Å². The van der Waals surface area contributed by atoms with Gasteiger partial charge in [-0.2, -0.15) is 27.2 Å². The lowest BCUT2D eigenvalue weighted by Gasteiger charge is -2.12. The first-order valence-electron chi connectivity index (χ1n) is 5.43. The standard InChI is InChI=1S/C10H4Cl4F4N4S/c11-4-1-3(9(15,16)17)2-5(12)6(4)22-7(19)20-8(21-22)23-10(13,14)18/h1-2H,(H2,19,20,21). The monoisotopic (exact) mass is 428 g/mol. The van der Waals surface area contributed by atoms with E-state index >= 15 is 0 Å². The molecule has 0 aliphatic heterocycles. The molecule has 0 aliphatic carbocycles. The van der Waals surface area contributed by atoms with Gasteiger partial charge in [-0.3, -0.25) is 0 Å². The van der Waals surface area contributed by atoms with Crippen molar-refractivity contribution in [3.63, 3.8) is 0 Å². The average molecular weight is 430 g/mol. The number of hydrogen-bond donors (Lipinski definition) is 1. The van der Waals surface area contributed by atoms with Crippen molar-refractivity contribution in [1.29, 1.82) is 0 Å². The van der Waals surface area contributed by atoms with Crippen LogP contribution in [-0.2, 0) is 6.18 Å². The number of nitrogen functional groups attached to an aromatic ring is 1. The molecule has 13 heteroatoms. The zero-order valence-electron chi connectivity index (χ0n) is 10.5. The van der Waals surface area contributed by atoms with Gasteiger partial charge in [-0.25, -0.2) is 0 Å². The Kier molecular flexibility index (Phi) is 5.18. The second-order valence-electron chi connectivity index (χ2n) is 4.00. The highest BCUT2D eigenvalue weighted by molar-refractivity contribution is 8.02. The molecule has 2 rings (SSSR count). The first-order valence-corrected chi connectivity index (χ1v) is 7.76. The Labute approximate surface area is 150 Å². The Morgan fingerprint density at radius 3 is 2.04 bits per heavy atom. The van der Waals surface area contributed by atoms with E-state index in [4.69, 9.17) is 52.1 Å². The van der Waals surface area contributed by atoms with E-state index in [1.807, 2.05) is 0 Å². The van der Waals surface area contributed by atoms with Gasteiger partial charge in [0.25, 0.3) is 0 Å². The third-order valence-electron chi connectivity index (χ3n) is 2.38. The highest BCUT2D eigenvalue weighted by atomic mass is 35.5. The van der Waals surface area contributed by atoms with E-state index in [1.165, 1.54) is 0 Å². The fraction of sp³-hybridized carbons (Fsp3) is 0.200. The van der Waals surface area contributed by atoms with E-state index in [0.29, 0.717) is 12.1 Å². The van der Waals surface area contributed by atoms with Gasteiger partial charge in [-0.1, -0.05) is 46.4 Å². The number of nitrogens with two attached hydrogens (primary N) is 1. The Morgan fingerprint density at radius 2 is 1.61 bits per heavy atom. The van der Waals surface area contributed by atoms with E-state index in [2.05, 4.69) is 10.1 Å². The van der Waals surface area contributed by atoms with Gasteiger partial charge in [-0.15, -0.1) is 5.10 Å². The van der Waals surface area contributed by atoms with Crippen LogP contribution in [0.5, 0.6) is 0 Å². The summed E-state index contributed by atoms with van der Waals surface area (Å²) in [5, 5.41) is 2.75. The second-order valence-corrected chi connectivity index (χ2v) is 7.63. The number of benzene rings is 1. The van der Waals surface area contributed by atoms with Gasteiger partial charge >= 0.3 is 10.1 Å². The molecule has 1 heterocycles. The minimum atomic E-state index is -4.63. The molecule has 0 bridgehead atoms. The SMILES string of the molecule is Nc1nc(SC(F)(Cl)Cl)nn1-c1c(Cl)cc(C(F)(F)F)cc1Cl. The Hall–Kier alpha value is -0.610. The molecule has 0 unspecified atom stereocenters. The minimum Gasteiger partial charge on any atom is -0.368 e. The lowest BCUT2D eigenvalue weighted by atomic mass is 10.2. The number of rotatable bonds is 3. The van der Waals surface area contributed by atoms with Gasteiger partial charge in [0, 0.05) is 0 Å². The molecule has 2 N–H and O–H groups in total. The normalized spacial score (nSPS) is 12.7. The first kappa shape index (κ1) is 18.7. The van der Waals surface area contributed by atoms with Crippen molar-refractivity contribution in [2.24, 2.45) is 0 Å². The lowest BCUT2D eigenvalue weighted by molar-refractivity contribution is -0.137. The minimum absolute atomic E-state index is 0.146. The molecule has 1 aromatic carbocycles. The Morgan fingerprint density at radius 1 is 1.09 bits per heavy atom. The molecular formula is C10H4Cl4F4N4S. The molecule has 0 saturated heterocycles. The highest BCUT2D eigenvalue weighted by Crippen LogP contribution is 2.41. The zero-order chi connectivity index (χ0) is 17.6. The van der Waals surface area contributed by atoms with E-state index in [0.717, 1.165) is 4.68 Å². The summed E-state index contributed by atoms with van der Waals surface area (Å²) >= 11 is 22.2. The van der Waals surface area contributed by atoms with Gasteiger partial charge in [0.05, 0.1) is 15.6 Å². The third-order valence-corrected chi connectivity index (χ3v) is 4.00. The van der Waals surface area contributed by atoms with Gasteiger partial charge in [0.2, 0.25) is 11.1 Å². The van der Waals surface area contributed by atoms with Crippen molar-refractivity contribution in [3.8, 4) is 5.69 Å². The summed E-state index contributed by atoms with van der Waals surface area (Å²) in [4.78, 5) is 3.67. The van der Waals surface area contributed by atoms with Gasteiger partial charge < -0.3 is 5.73 Å². The van der Waals surface area contributed by atoms with Crippen molar-refractivity contribution in [3.05, 3.63) is 27.7 Å². The topological polar surface area (TPSA) is 56.7 Å². The smallest absolute Gasteiger partial charge is 0.368 e. The highest BCUT2D eigenvalue weighted by Gasteiger charge is 2.33. The van der Waals surface area contributed by atoms with Crippen LogP contribution in [0.1, 0.15) is 5.56 Å². The number of nitrogens with zero attached hydrogens (tertiary/aromatic N) is 3. The molecule has 0 radical (unpaired) electrons. The first-order chi connectivity index (χ1) is 10.4. The summed E-state index contributed by atoms with van der Waals surface area (Å²) in [5.41, 5.74) is 4.39. The Bertz CT molecular complexity index is 720. The molecular weight excluding hydrogens is 426 g/mol. The molecule has 0 fully saturated rings. The summed E-state index contributed by atoms with van der Waals surface area (Å²) in [6.45, 7) is 0. The van der Waals surface area contributed by atoms with Crippen LogP contribution in [0, 0.1) is 0 Å². The zero-order valence-corrected chi connectivity index (χ0v) is 14.3. The molecule has 1 aromatic heterocycles. The van der Waals surface area contributed by atoms with E-state index in [1.54, 1.807) is 0 Å². The van der Waals surface area contributed by atoms with Crippen LogP contribution in [0.2, 0.25) is 10.0 Å². The van der Waals surface area contributed by atoms with Crippen molar-refractivity contribution in [2.75, 3.05) is 5.73 Å². The number of halogens is 8. The van der Waals surface area contributed by atoms with Crippen molar-refractivity contribution >= 4 is 64.1 Å². The van der Waals surface area contributed by atoms with E-state index in [-0.39, 0.29) is 38.6 Å². The molecule has 0 amide bonds. The molecule has 4 nitrogen and oxygen atoms in total. The number of anilines is 1.